The molecular weight excluding hydrogens is 152 g/mol. The van der Waals surface area contributed by atoms with E-state index in [9.17, 15) is 5.11 Å². The number of hydrogen-bond acceptors (Lipinski definition) is 3. The topological polar surface area (TPSA) is 59.1 Å². The zero-order valence-electron chi connectivity index (χ0n) is 7.20. The van der Waals surface area contributed by atoms with Crippen LogP contribution in [0.3, 0.4) is 0 Å². The summed E-state index contributed by atoms with van der Waals surface area (Å²) in [5.74, 6) is 0. The van der Waals surface area contributed by atoms with Crippen LogP contribution < -0.4 is 5.73 Å². The maximum atomic E-state index is 9.49. The normalized spacial score (nSPS) is 12.9. The van der Waals surface area contributed by atoms with Crippen LogP contribution in [0.25, 0.3) is 0 Å². The van der Waals surface area contributed by atoms with E-state index in [2.05, 4.69) is 4.98 Å². The number of nitrogens with two attached hydrogens (primary N) is 1. The largest absolute Gasteiger partial charge is 0.388 e. The van der Waals surface area contributed by atoms with E-state index in [0.29, 0.717) is 13.0 Å². The van der Waals surface area contributed by atoms with Gasteiger partial charge in [0.25, 0.3) is 0 Å². The van der Waals surface area contributed by atoms with Crippen LogP contribution in [0.15, 0.2) is 18.3 Å². The molecule has 12 heavy (non-hydrogen) atoms. The molecule has 1 aromatic rings. The van der Waals surface area contributed by atoms with Crippen molar-refractivity contribution in [1.82, 2.24) is 4.98 Å². The molecule has 0 aliphatic carbocycles. The second kappa shape index (κ2) is 4.18. The maximum Gasteiger partial charge on any atom is 0.0816 e. The lowest BCUT2D eigenvalue weighted by Crippen LogP contribution is -2.06. The minimum atomic E-state index is -0.469. The van der Waals surface area contributed by atoms with Crippen molar-refractivity contribution in [1.29, 1.82) is 0 Å². The van der Waals surface area contributed by atoms with Gasteiger partial charge in [0.05, 0.1) is 6.10 Å². The van der Waals surface area contributed by atoms with E-state index in [1.54, 1.807) is 6.20 Å². The van der Waals surface area contributed by atoms with Crippen molar-refractivity contribution >= 4 is 0 Å². The fourth-order valence-corrected chi connectivity index (χ4v) is 1.00. The zero-order valence-corrected chi connectivity index (χ0v) is 7.20. The van der Waals surface area contributed by atoms with Crippen LogP contribution in [-0.2, 0) is 0 Å². The monoisotopic (exact) mass is 166 g/mol. The van der Waals surface area contributed by atoms with E-state index in [0.717, 1.165) is 11.3 Å². The third kappa shape index (κ3) is 2.29. The first-order valence-corrected chi connectivity index (χ1v) is 4.04. The Morgan fingerprint density at radius 1 is 1.58 bits per heavy atom. The van der Waals surface area contributed by atoms with Gasteiger partial charge in [0.2, 0.25) is 0 Å². The molecule has 0 bridgehead atoms. The maximum absolute atomic E-state index is 9.49. The Hall–Kier alpha value is -0.930. The van der Waals surface area contributed by atoms with Crippen molar-refractivity contribution in [3.63, 3.8) is 0 Å². The van der Waals surface area contributed by atoms with Crippen LogP contribution in [0.1, 0.15) is 23.8 Å². The van der Waals surface area contributed by atoms with Gasteiger partial charge in [-0.1, -0.05) is 6.07 Å². The third-order valence-electron chi connectivity index (χ3n) is 1.76. The van der Waals surface area contributed by atoms with Gasteiger partial charge in [0, 0.05) is 11.9 Å². The van der Waals surface area contributed by atoms with E-state index in [4.69, 9.17) is 5.73 Å². The summed E-state index contributed by atoms with van der Waals surface area (Å²) < 4.78 is 0. The number of aliphatic hydroxyl groups is 1. The number of hydrogen-bond donors (Lipinski definition) is 2. The molecule has 0 fully saturated rings. The molecule has 0 unspecified atom stereocenters. The van der Waals surface area contributed by atoms with Crippen LogP contribution in [0.4, 0.5) is 0 Å². The molecule has 1 rings (SSSR count). The van der Waals surface area contributed by atoms with Crippen LogP contribution in [0.5, 0.6) is 0 Å². The third-order valence-corrected chi connectivity index (χ3v) is 1.76. The first kappa shape index (κ1) is 9.16. The summed E-state index contributed by atoms with van der Waals surface area (Å²) in [5, 5.41) is 9.49. The molecule has 3 nitrogen and oxygen atoms in total. The Kier molecular flexibility index (Phi) is 3.19. The van der Waals surface area contributed by atoms with Gasteiger partial charge < -0.3 is 10.8 Å². The highest BCUT2D eigenvalue weighted by Gasteiger charge is 2.05. The van der Waals surface area contributed by atoms with Crippen molar-refractivity contribution in [3.05, 3.63) is 29.6 Å². The van der Waals surface area contributed by atoms with Crippen molar-refractivity contribution in [2.45, 2.75) is 19.4 Å². The first-order chi connectivity index (χ1) is 5.74. The fraction of sp³-hybridized carbons (Fsp3) is 0.444. The predicted octanol–water partition coefficient (Wildman–Crippen LogP) is 0.772. The van der Waals surface area contributed by atoms with E-state index in [1.165, 1.54) is 0 Å². The molecule has 0 aliphatic rings. The van der Waals surface area contributed by atoms with Crippen molar-refractivity contribution in [2.24, 2.45) is 5.73 Å². The van der Waals surface area contributed by atoms with Crippen molar-refractivity contribution in [3.8, 4) is 0 Å². The van der Waals surface area contributed by atoms with Gasteiger partial charge in [-0.25, -0.2) is 0 Å². The van der Waals surface area contributed by atoms with Gasteiger partial charge in [-0.05, 0) is 31.5 Å². The molecule has 0 spiro atoms. The molecule has 0 aromatic carbocycles. The van der Waals surface area contributed by atoms with Crippen molar-refractivity contribution < 1.29 is 5.11 Å². The molecule has 0 amide bonds. The average Bonchev–Trinajstić information content (AvgIpc) is 2.06. The smallest absolute Gasteiger partial charge is 0.0816 e. The summed E-state index contributed by atoms with van der Waals surface area (Å²) in [5.41, 5.74) is 7.11. The van der Waals surface area contributed by atoms with Crippen LogP contribution in [-0.4, -0.2) is 16.6 Å². The number of nitrogens with zero attached hydrogens (tertiary/aromatic N) is 1. The summed E-state index contributed by atoms with van der Waals surface area (Å²) in [4.78, 5) is 4.08. The molecule has 0 saturated carbocycles. The number of pyridine rings is 1. The lowest BCUT2D eigenvalue weighted by atomic mass is 10.1. The summed E-state index contributed by atoms with van der Waals surface area (Å²) in [7, 11) is 0. The SMILES string of the molecule is Cc1ccc([C@H](O)CCN)cn1. The second-order valence-corrected chi connectivity index (χ2v) is 2.83. The van der Waals surface area contributed by atoms with Gasteiger partial charge in [-0.3, -0.25) is 4.98 Å². The van der Waals surface area contributed by atoms with Gasteiger partial charge in [-0.2, -0.15) is 0 Å². The number of aryl methyl sites for hydroxylation is 1. The zero-order chi connectivity index (χ0) is 8.97. The standard InChI is InChI=1S/C9H14N2O/c1-7-2-3-8(6-11-7)9(12)4-5-10/h2-3,6,9,12H,4-5,10H2,1H3/t9-/m1/s1. The van der Waals surface area contributed by atoms with Crippen LogP contribution in [0.2, 0.25) is 0 Å². The lowest BCUT2D eigenvalue weighted by Gasteiger charge is -2.08. The summed E-state index contributed by atoms with van der Waals surface area (Å²) >= 11 is 0. The van der Waals surface area contributed by atoms with E-state index in [-0.39, 0.29) is 0 Å². The minimum Gasteiger partial charge on any atom is -0.388 e. The highest BCUT2D eigenvalue weighted by molar-refractivity contribution is 5.15. The summed E-state index contributed by atoms with van der Waals surface area (Å²) in [6, 6.07) is 3.76. The Morgan fingerprint density at radius 3 is 2.83 bits per heavy atom. The van der Waals surface area contributed by atoms with Gasteiger partial charge in [0.15, 0.2) is 0 Å². The highest BCUT2D eigenvalue weighted by atomic mass is 16.3. The van der Waals surface area contributed by atoms with Crippen molar-refractivity contribution in [2.75, 3.05) is 6.54 Å². The Labute approximate surface area is 72.2 Å². The lowest BCUT2D eigenvalue weighted by molar-refractivity contribution is 0.170. The van der Waals surface area contributed by atoms with Gasteiger partial charge in [-0.15, -0.1) is 0 Å². The second-order valence-electron chi connectivity index (χ2n) is 2.83. The Bertz CT molecular complexity index is 233. The van der Waals surface area contributed by atoms with E-state index >= 15 is 0 Å². The summed E-state index contributed by atoms with van der Waals surface area (Å²) in [6.07, 6.45) is 1.81. The number of rotatable bonds is 3. The molecular formula is C9H14N2O. The molecule has 1 heterocycles. The first-order valence-electron chi connectivity index (χ1n) is 4.04. The number of aromatic nitrogens is 1. The van der Waals surface area contributed by atoms with Crippen LogP contribution in [0, 0.1) is 6.92 Å². The number of aliphatic hydroxyl groups excluding tert-OH is 1. The highest BCUT2D eigenvalue weighted by Crippen LogP contribution is 2.14. The molecule has 1 aromatic heterocycles. The predicted molar refractivity (Wildman–Crippen MR) is 47.6 cm³/mol. The fourth-order valence-electron chi connectivity index (χ4n) is 1.00. The van der Waals surface area contributed by atoms with E-state index in [1.807, 2.05) is 19.1 Å². The Morgan fingerprint density at radius 2 is 2.33 bits per heavy atom. The Balaban J connectivity index is 2.68. The van der Waals surface area contributed by atoms with Crippen LogP contribution >= 0.6 is 0 Å². The molecule has 0 aliphatic heterocycles. The molecule has 3 heteroatoms. The van der Waals surface area contributed by atoms with Gasteiger partial charge >= 0.3 is 0 Å². The van der Waals surface area contributed by atoms with Gasteiger partial charge in [0.1, 0.15) is 0 Å². The average molecular weight is 166 g/mol. The molecule has 66 valence electrons. The molecule has 0 radical (unpaired) electrons. The quantitative estimate of drug-likeness (QED) is 0.697. The minimum absolute atomic E-state index is 0.469. The molecule has 1 atom stereocenters. The molecule has 3 N–H and O–H groups in total. The molecule has 0 saturated heterocycles. The summed E-state index contributed by atoms with van der Waals surface area (Å²) in [6.45, 7) is 2.41. The van der Waals surface area contributed by atoms with E-state index < -0.39 is 6.10 Å².